The van der Waals surface area contributed by atoms with E-state index >= 15 is 0 Å². The molecule has 0 radical (unpaired) electrons. The summed E-state index contributed by atoms with van der Waals surface area (Å²) in [5, 5.41) is 20.0. The number of hydrogen-bond acceptors (Lipinski definition) is 9. The maximum Gasteiger partial charge on any atom is 0.327 e. The van der Waals surface area contributed by atoms with Crippen molar-refractivity contribution in [3.63, 3.8) is 0 Å². The molecule has 6 rings (SSSR count). The highest BCUT2D eigenvalue weighted by atomic mass is 16.5. The third-order valence-electron chi connectivity index (χ3n) is 5.51. The fourth-order valence-corrected chi connectivity index (χ4v) is 3.70. The molecular weight excluding hydrogens is 436 g/mol. The highest BCUT2D eigenvalue weighted by molar-refractivity contribution is 6.15. The van der Waals surface area contributed by atoms with Crippen LogP contribution in [0.2, 0.25) is 0 Å². The monoisotopic (exact) mass is 452 g/mol. The van der Waals surface area contributed by atoms with E-state index in [0.717, 1.165) is 18.2 Å². The molecule has 1 saturated heterocycles. The summed E-state index contributed by atoms with van der Waals surface area (Å²) in [5.41, 5.74) is 2.08. The zero-order valence-corrected chi connectivity index (χ0v) is 17.6. The lowest BCUT2D eigenvalue weighted by molar-refractivity contribution is -0.124. The van der Waals surface area contributed by atoms with Crippen molar-refractivity contribution in [2.24, 2.45) is 0 Å². The molecular formula is C23H16N8O3. The molecule has 4 aromatic rings. The summed E-state index contributed by atoms with van der Waals surface area (Å²) in [6, 6.07) is 11.2. The molecule has 11 nitrogen and oxygen atoms in total. The molecule has 2 amide bonds. The van der Waals surface area contributed by atoms with Crippen LogP contribution >= 0.6 is 0 Å². The normalized spacial score (nSPS) is 16.7. The molecule has 34 heavy (non-hydrogen) atoms. The van der Waals surface area contributed by atoms with Gasteiger partial charge in [-0.25, -0.2) is 4.98 Å². The van der Waals surface area contributed by atoms with Gasteiger partial charge in [-0.1, -0.05) is 12.1 Å². The minimum absolute atomic E-state index is 0.000690. The smallest absolute Gasteiger partial charge is 0.327 e. The molecule has 0 unspecified atom stereocenters. The summed E-state index contributed by atoms with van der Waals surface area (Å²) >= 11 is 0. The van der Waals surface area contributed by atoms with Crippen molar-refractivity contribution in [3.05, 3.63) is 53.4 Å². The highest BCUT2D eigenvalue weighted by Crippen LogP contribution is 2.30. The Morgan fingerprint density at radius 3 is 2.82 bits per heavy atom. The number of para-hydroxylation sites is 1. The molecule has 0 atom stereocenters. The Morgan fingerprint density at radius 2 is 2.06 bits per heavy atom. The van der Waals surface area contributed by atoms with E-state index in [4.69, 9.17) is 4.74 Å². The van der Waals surface area contributed by atoms with Crippen molar-refractivity contribution in [2.75, 3.05) is 5.32 Å². The molecule has 2 N–H and O–H groups in total. The Morgan fingerprint density at radius 1 is 1.18 bits per heavy atom. The molecule has 1 saturated carbocycles. The number of carbonyl (C=O) groups is 2. The van der Waals surface area contributed by atoms with Crippen LogP contribution in [0.5, 0.6) is 11.8 Å². The lowest BCUT2D eigenvalue weighted by Gasteiger charge is -2.10. The summed E-state index contributed by atoms with van der Waals surface area (Å²) in [6.45, 7) is 0. The van der Waals surface area contributed by atoms with Crippen molar-refractivity contribution in [1.29, 1.82) is 5.26 Å². The first kappa shape index (κ1) is 19.8. The zero-order chi connectivity index (χ0) is 23.2. The predicted molar refractivity (Wildman–Crippen MR) is 120 cm³/mol. The molecule has 2 fully saturated rings. The molecule has 1 aromatic carbocycles. The SMILES string of the molecule is N#Cc1ccc2cccc(Oc3nc(NC4CC4)n4ncc(/C=C5\CC(=O)NC5=O)c4n3)c2n1. The van der Waals surface area contributed by atoms with E-state index < -0.39 is 5.91 Å². The van der Waals surface area contributed by atoms with Crippen LogP contribution < -0.4 is 15.4 Å². The number of pyridine rings is 1. The Balaban J connectivity index is 1.46. The highest BCUT2D eigenvalue weighted by Gasteiger charge is 2.26. The lowest BCUT2D eigenvalue weighted by Crippen LogP contribution is -2.19. The number of fused-ring (bicyclic) bond motifs is 2. The van der Waals surface area contributed by atoms with Crippen molar-refractivity contribution in [2.45, 2.75) is 25.3 Å². The minimum atomic E-state index is -0.429. The van der Waals surface area contributed by atoms with E-state index in [1.54, 1.807) is 35.0 Å². The molecule has 0 bridgehead atoms. The largest absolute Gasteiger partial charge is 0.422 e. The topological polar surface area (TPSA) is 147 Å². The fourth-order valence-electron chi connectivity index (χ4n) is 3.70. The van der Waals surface area contributed by atoms with Crippen LogP contribution in [0.25, 0.3) is 22.6 Å². The third-order valence-corrected chi connectivity index (χ3v) is 5.51. The van der Waals surface area contributed by atoms with Gasteiger partial charge in [0.05, 0.1) is 12.6 Å². The number of nitrogens with zero attached hydrogens (tertiary/aromatic N) is 6. The Labute approximate surface area is 192 Å². The lowest BCUT2D eigenvalue weighted by atomic mass is 10.1. The van der Waals surface area contributed by atoms with E-state index in [1.807, 2.05) is 18.2 Å². The first-order chi connectivity index (χ1) is 16.6. The number of imide groups is 1. The molecule has 2 aliphatic rings. The maximum absolute atomic E-state index is 12.0. The summed E-state index contributed by atoms with van der Waals surface area (Å²) in [4.78, 5) is 37.0. The Hall–Kier alpha value is -4.85. The predicted octanol–water partition coefficient (Wildman–Crippen LogP) is 2.34. The average Bonchev–Trinajstić information content (AvgIpc) is 3.47. The van der Waals surface area contributed by atoms with Crippen molar-refractivity contribution >= 4 is 40.4 Å². The van der Waals surface area contributed by atoms with Gasteiger partial charge in [0.15, 0.2) is 11.4 Å². The number of benzene rings is 1. The van der Waals surface area contributed by atoms with Crippen LogP contribution in [-0.2, 0) is 9.59 Å². The second-order valence-corrected chi connectivity index (χ2v) is 8.05. The molecule has 1 aliphatic carbocycles. The first-order valence-electron chi connectivity index (χ1n) is 10.6. The van der Waals surface area contributed by atoms with Gasteiger partial charge in [-0.05, 0) is 37.1 Å². The first-order valence-corrected chi connectivity index (χ1v) is 10.6. The number of rotatable bonds is 5. The summed E-state index contributed by atoms with van der Waals surface area (Å²) in [6.07, 6.45) is 5.20. The number of ether oxygens (including phenoxy) is 1. The van der Waals surface area contributed by atoms with E-state index in [-0.39, 0.29) is 30.1 Å². The van der Waals surface area contributed by atoms with Crippen LogP contribution in [0.15, 0.2) is 42.1 Å². The summed E-state index contributed by atoms with van der Waals surface area (Å²) in [7, 11) is 0. The van der Waals surface area contributed by atoms with E-state index in [1.165, 1.54) is 0 Å². The van der Waals surface area contributed by atoms with Gasteiger partial charge in [-0.15, -0.1) is 0 Å². The van der Waals surface area contributed by atoms with E-state index in [9.17, 15) is 14.9 Å². The number of hydrogen-bond donors (Lipinski definition) is 2. The van der Waals surface area contributed by atoms with Crippen molar-refractivity contribution in [1.82, 2.24) is 29.9 Å². The summed E-state index contributed by atoms with van der Waals surface area (Å²) in [5.74, 6) is 0.0745. The Bertz CT molecular complexity index is 1580. The van der Waals surface area contributed by atoms with Gasteiger partial charge in [-0.2, -0.15) is 24.8 Å². The number of nitrogens with one attached hydrogen (secondary N) is 2. The van der Waals surface area contributed by atoms with Gasteiger partial charge in [0, 0.05) is 22.6 Å². The van der Waals surface area contributed by atoms with Crippen LogP contribution in [0.4, 0.5) is 5.95 Å². The summed E-state index contributed by atoms with van der Waals surface area (Å²) < 4.78 is 7.59. The average molecular weight is 452 g/mol. The number of anilines is 1. The van der Waals surface area contributed by atoms with Gasteiger partial charge < -0.3 is 10.1 Å². The molecule has 3 aromatic heterocycles. The quantitative estimate of drug-likeness (QED) is 0.344. The van der Waals surface area contributed by atoms with Crippen molar-refractivity contribution in [3.8, 4) is 17.8 Å². The van der Waals surface area contributed by atoms with Gasteiger partial charge in [0.2, 0.25) is 11.9 Å². The third kappa shape index (κ3) is 3.57. The van der Waals surface area contributed by atoms with Gasteiger partial charge in [0.25, 0.3) is 5.91 Å². The van der Waals surface area contributed by atoms with Crippen LogP contribution in [0.3, 0.4) is 0 Å². The molecule has 11 heteroatoms. The minimum Gasteiger partial charge on any atom is -0.422 e. The second kappa shape index (κ2) is 7.63. The van der Waals surface area contributed by atoms with Gasteiger partial charge in [0.1, 0.15) is 17.3 Å². The number of amides is 2. The zero-order valence-electron chi connectivity index (χ0n) is 17.6. The maximum atomic E-state index is 12.0. The second-order valence-electron chi connectivity index (χ2n) is 8.05. The number of aromatic nitrogens is 5. The van der Waals surface area contributed by atoms with Crippen LogP contribution in [0.1, 0.15) is 30.5 Å². The Kier molecular flexibility index (Phi) is 4.44. The number of nitriles is 1. The fraction of sp³-hybridized carbons (Fsp3) is 0.174. The number of carbonyl (C=O) groups excluding carboxylic acids is 2. The van der Waals surface area contributed by atoms with Gasteiger partial charge in [-0.3, -0.25) is 14.9 Å². The van der Waals surface area contributed by atoms with Crippen LogP contribution in [0, 0.1) is 11.3 Å². The van der Waals surface area contributed by atoms with E-state index in [2.05, 4.69) is 30.7 Å². The van der Waals surface area contributed by atoms with Crippen molar-refractivity contribution < 1.29 is 14.3 Å². The van der Waals surface area contributed by atoms with E-state index in [0.29, 0.717) is 34.0 Å². The van der Waals surface area contributed by atoms with Crippen LogP contribution in [-0.4, -0.2) is 42.4 Å². The molecule has 4 heterocycles. The van der Waals surface area contributed by atoms with Gasteiger partial charge >= 0.3 is 6.01 Å². The standard InChI is InChI=1S/C23H16N8O3/c24-10-16-5-4-12-2-1-3-17(19(12)26-16)34-23-29-20-14(8-13-9-18(32)28-21(13)33)11-25-31(20)22(30-23)27-15-6-7-15/h1-5,8,11,15H,6-7,9H2,(H,27,29,30)(H,28,32,33)/b13-8+. The molecule has 166 valence electrons. The molecule has 1 aliphatic heterocycles. The molecule has 0 spiro atoms.